The molecule has 0 aliphatic rings. The van der Waals surface area contributed by atoms with Crippen LogP contribution >= 0.6 is 0 Å². The lowest BCUT2D eigenvalue weighted by molar-refractivity contribution is -0.123. The highest BCUT2D eigenvalue weighted by molar-refractivity contribution is 5.78. The minimum absolute atomic E-state index is 0.000783. The first-order chi connectivity index (χ1) is 7.95. The van der Waals surface area contributed by atoms with Crippen molar-refractivity contribution in [3.05, 3.63) is 12.0 Å². The van der Waals surface area contributed by atoms with Gasteiger partial charge in [-0.3, -0.25) is 4.79 Å². The fraction of sp³-hybridized carbons (Fsp3) is 0.500. The summed E-state index contributed by atoms with van der Waals surface area (Å²) in [6.45, 7) is 2.09. The minimum Gasteiger partial charge on any atom is -0.368 e. The summed E-state index contributed by atoms with van der Waals surface area (Å²) in [7, 11) is 3.20. The molecule has 0 saturated carbocycles. The number of carbonyl (C=O) groups excluding carboxylic acids is 1. The van der Waals surface area contributed by atoms with Crippen molar-refractivity contribution in [2.75, 3.05) is 31.3 Å². The number of nitrogens with two attached hydrogens (primary N) is 1. The van der Waals surface area contributed by atoms with E-state index in [4.69, 9.17) is 5.73 Å². The molecule has 1 heterocycles. The Morgan fingerprint density at radius 1 is 1.71 bits per heavy atom. The highest BCUT2D eigenvalue weighted by atomic mass is 19.1. The van der Waals surface area contributed by atoms with E-state index in [2.05, 4.69) is 15.3 Å². The van der Waals surface area contributed by atoms with E-state index in [1.165, 1.54) is 4.90 Å². The maximum atomic E-state index is 13.4. The molecule has 17 heavy (non-hydrogen) atoms. The molecule has 1 unspecified atom stereocenters. The van der Waals surface area contributed by atoms with Crippen molar-refractivity contribution in [1.82, 2.24) is 15.3 Å². The molecule has 6 nitrogen and oxygen atoms in total. The number of nitrogens with one attached hydrogen (secondary N) is 1. The number of anilines is 2. The zero-order valence-electron chi connectivity index (χ0n) is 10.1. The smallest absolute Gasteiger partial charge is 0.224 e. The number of halogens is 1. The summed E-state index contributed by atoms with van der Waals surface area (Å²) in [6, 6.07) is 0. The molecule has 0 bridgehead atoms. The lowest BCUT2D eigenvalue weighted by atomic mass is 10.1. The van der Waals surface area contributed by atoms with Crippen molar-refractivity contribution < 1.29 is 9.18 Å². The molecule has 0 radical (unpaired) electrons. The van der Waals surface area contributed by atoms with Gasteiger partial charge < -0.3 is 16.0 Å². The van der Waals surface area contributed by atoms with Gasteiger partial charge in [-0.25, -0.2) is 9.37 Å². The van der Waals surface area contributed by atoms with Gasteiger partial charge in [0.1, 0.15) is 0 Å². The zero-order chi connectivity index (χ0) is 13.0. The molecule has 0 aliphatic carbocycles. The van der Waals surface area contributed by atoms with Crippen LogP contribution in [0.15, 0.2) is 6.20 Å². The number of aromatic nitrogens is 2. The van der Waals surface area contributed by atoms with Crippen LogP contribution in [0.4, 0.5) is 16.2 Å². The Balaban J connectivity index is 2.79. The Labute approximate surface area is 99.0 Å². The fourth-order valence-electron chi connectivity index (χ4n) is 1.47. The van der Waals surface area contributed by atoms with E-state index in [1.54, 1.807) is 21.0 Å². The number of nitrogen functional groups attached to an aromatic ring is 1. The normalized spacial score (nSPS) is 12.0. The maximum Gasteiger partial charge on any atom is 0.224 e. The molecular formula is C10H16FN5O. The van der Waals surface area contributed by atoms with Gasteiger partial charge in [-0.2, -0.15) is 4.98 Å². The second kappa shape index (κ2) is 5.42. The first-order valence-corrected chi connectivity index (χ1v) is 5.16. The molecule has 0 spiro atoms. The van der Waals surface area contributed by atoms with E-state index in [0.717, 1.165) is 6.20 Å². The summed E-state index contributed by atoms with van der Waals surface area (Å²) >= 11 is 0. The van der Waals surface area contributed by atoms with E-state index in [-0.39, 0.29) is 23.6 Å². The molecule has 0 fully saturated rings. The van der Waals surface area contributed by atoms with Crippen LogP contribution in [0.25, 0.3) is 0 Å². The van der Waals surface area contributed by atoms with E-state index in [0.29, 0.717) is 6.54 Å². The van der Waals surface area contributed by atoms with Crippen LogP contribution in [0.2, 0.25) is 0 Å². The van der Waals surface area contributed by atoms with Gasteiger partial charge in [0.05, 0.1) is 12.1 Å². The number of hydrogen-bond donors (Lipinski definition) is 2. The second-order valence-electron chi connectivity index (χ2n) is 3.80. The lowest BCUT2D eigenvalue weighted by Gasteiger charge is -2.21. The van der Waals surface area contributed by atoms with E-state index >= 15 is 0 Å². The van der Waals surface area contributed by atoms with Gasteiger partial charge in [-0.05, 0) is 0 Å². The fourth-order valence-corrected chi connectivity index (χ4v) is 1.47. The first kappa shape index (κ1) is 13.1. The van der Waals surface area contributed by atoms with Gasteiger partial charge in [0, 0.05) is 20.6 Å². The average molecular weight is 241 g/mol. The molecule has 1 rings (SSSR count). The number of carbonyl (C=O) groups is 1. The Kier molecular flexibility index (Phi) is 4.19. The van der Waals surface area contributed by atoms with Crippen LogP contribution in [0.1, 0.15) is 6.92 Å². The first-order valence-electron chi connectivity index (χ1n) is 5.16. The third-order valence-corrected chi connectivity index (χ3v) is 2.35. The summed E-state index contributed by atoms with van der Waals surface area (Å²) in [5.41, 5.74) is 5.39. The van der Waals surface area contributed by atoms with E-state index in [9.17, 15) is 9.18 Å². The summed E-state index contributed by atoms with van der Waals surface area (Å²) in [4.78, 5) is 20.2. The Hall–Kier alpha value is -1.92. The summed E-state index contributed by atoms with van der Waals surface area (Å²) in [5.74, 6) is -0.861. The minimum atomic E-state index is -0.564. The van der Waals surface area contributed by atoms with Crippen molar-refractivity contribution >= 4 is 17.7 Å². The molecule has 0 aliphatic heterocycles. The van der Waals surface area contributed by atoms with Crippen molar-refractivity contribution in [2.45, 2.75) is 6.92 Å². The van der Waals surface area contributed by atoms with Crippen molar-refractivity contribution in [1.29, 1.82) is 0 Å². The van der Waals surface area contributed by atoms with Crippen LogP contribution < -0.4 is 16.0 Å². The Morgan fingerprint density at radius 3 is 2.94 bits per heavy atom. The van der Waals surface area contributed by atoms with Gasteiger partial charge in [-0.15, -0.1) is 0 Å². The van der Waals surface area contributed by atoms with Crippen molar-refractivity contribution in [3.63, 3.8) is 0 Å². The molecule has 3 N–H and O–H groups in total. The third-order valence-electron chi connectivity index (χ3n) is 2.35. The molecule has 1 amide bonds. The highest BCUT2D eigenvalue weighted by Crippen LogP contribution is 2.15. The number of rotatable bonds is 4. The standard InChI is InChI=1S/C10H16FN5O/c1-6(9(17)13-2)5-16(3)8-7(11)4-14-10(12)15-8/h4,6H,5H2,1-3H3,(H,13,17)(H2,12,14,15). The van der Waals surface area contributed by atoms with Crippen LogP contribution in [-0.4, -0.2) is 36.5 Å². The number of hydrogen-bond acceptors (Lipinski definition) is 5. The maximum absolute atomic E-state index is 13.4. The summed E-state index contributed by atoms with van der Waals surface area (Å²) in [5, 5.41) is 2.53. The zero-order valence-corrected chi connectivity index (χ0v) is 10.1. The van der Waals surface area contributed by atoms with E-state index < -0.39 is 5.82 Å². The van der Waals surface area contributed by atoms with Gasteiger partial charge in [-0.1, -0.05) is 6.92 Å². The molecule has 1 aromatic rings. The van der Waals surface area contributed by atoms with Crippen LogP contribution in [0.5, 0.6) is 0 Å². The highest BCUT2D eigenvalue weighted by Gasteiger charge is 2.17. The van der Waals surface area contributed by atoms with Crippen LogP contribution in [0, 0.1) is 11.7 Å². The molecule has 1 atom stereocenters. The van der Waals surface area contributed by atoms with Gasteiger partial charge in [0.25, 0.3) is 0 Å². The summed E-state index contributed by atoms with van der Waals surface area (Å²) < 4.78 is 13.4. The quantitative estimate of drug-likeness (QED) is 0.776. The molecule has 94 valence electrons. The Morgan fingerprint density at radius 2 is 2.35 bits per heavy atom. The van der Waals surface area contributed by atoms with Gasteiger partial charge in [0.2, 0.25) is 11.9 Å². The topological polar surface area (TPSA) is 84.1 Å². The van der Waals surface area contributed by atoms with Gasteiger partial charge >= 0.3 is 0 Å². The van der Waals surface area contributed by atoms with Crippen molar-refractivity contribution in [2.24, 2.45) is 5.92 Å². The predicted octanol–water partition coefficient (Wildman–Crippen LogP) is 0.0162. The summed E-state index contributed by atoms with van der Waals surface area (Å²) in [6.07, 6.45) is 1.01. The van der Waals surface area contributed by atoms with Gasteiger partial charge in [0.15, 0.2) is 11.6 Å². The molecule has 1 aromatic heterocycles. The largest absolute Gasteiger partial charge is 0.368 e. The second-order valence-corrected chi connectivity index (χ2v) is 3.80. The molecular weight excluding hydrogens is 225 g/mol. The molecule has 7 heteroatoms. The van der Waals surface area contributed by atoms with E-state index in [1.807, 2.05) is 0 Å². The number of amides is 1. The Bertz CT molecular complexity index is 412. The molecule has 0 saturated heterocycles. The average Bonchev–Trinajstić information content (AvgIpc) is 2.30. The predicted molar refractivity (Wildman–Crippen MR) is 62.9 cm³/mol. The van der Waals surface area contributed by atoms with Crippen LogP contribution in [-0.2, 0) is 4.79 Å². The molecule has 0 aromatic carbocycles. The lowest BCUT2D eigenvalue weighted by Crippen LogP contribution is -2.35. The monoisotopic (exact) mass is 241 g/mol. The SMILES string of the molecule is CNC(=O)C(C)CN(C)c1nc(N)ncc1F. The number of nitrogens with zero attached hydrogens (tertiary/aromatic N) is 3. The van der Waals surface area contributed by atoms with Crippen molar-refractivity contribution in [3.8, 4) is 0 Å². The van der Waals surface area contributed by atoms with Crippen LogP contribution in [0.3, 0.4) is 0 Å². The third kappa shape index (κ3) is 3.27.